The third-order valence-electron chi connectivity index (χ3n) is 3.14. The van der Waals surface area contributed by atoms with Crippen LogP contribution in [-0.4, -0.2) is 35.4 Å². The fourth-order valence-corrected chi connectivity index (χ4v) is 2.11. The third-order valence-corrected chi connectivity index (χ3v) is 3.14. The van der Waals surface area contributed by atoms with Crippen LogP contribution in [0.1, 0.15) is 17.5 Å². The molecule has 0 spiro atoms. The highest BCUT2D eigenvalue weighted by Crippen LogP contribution is 2.30. The van der Waals surface area contributed by atoms with E-state index in [2.05, 4.69) is 0 Å². The van der Waals surface area contributed by atoms with Crippen molar-refractivity contribution in [3.05, 3.63) is 35.4 Å². The topological polar surface area (TPSA) is 49.8 Å². The van der Waals surface area contributed by atoms with E-state index in [0.717, 1.165) is 12.1 Å². The van der Waals surface area contributed by atoms with Gasteiger partial charge in [-0.15, -0.1) is 0 Å². The molecule has 0 aliphatic carbocycles. The lowest BCUT2D eigenvalue weighted by Crippen LogP contribution is -2.33. The number of carbonyl (C=O) groups excluding carboxylic acids is 1. The Kier molecular flexibility index (Phi) is 4.17. The first-order valence-electron chi connectivity index (χ1n) is 6.12. The molecule has 1 atom stereocenters. The molecule has 1 saturated heterocycles. The number of hydrogen-bond donors (Lipinski definition) is 1. The Hall–Kier alpha value is -1.76. The van der Waals surface area contributed by atoms with Crippen LogP contribution in [0.2, 0.25) is 0 Å². The van der Waals surface area contributed by atoms with E-state index in [0.29, 0.717) is 12.0 Å². The van der Waals surface area contributed by atoms with Gasteiger partial charge < -0.3 is 9.84 Å². The van der Waals surface area contributed by atoms with Crippen molar-refractivity contribution in [1.82, 2.24) is 4.90 Å². The van der Waals surface area contributed by atoms with Crippen LogP contribution < -0.4 is 0 Å². The van der Waals surface area contributed by atoms with Crippen LogP contribution in [0.5, 0.6) is 0 Å². The van der Waals surface area contributed by atoms with Crippen molar-refractivity contribution in [3.8, 4) is 0 Å². The number of halogens is 3. The predicted molar refractivity (Wildman–Crippen MR) is 63.8 cm³/mol. The van der Waals surface area contributed by atoms with Crippen molar-refractivity contribution in [3.63, 3.8) is 0 Å². The zero-order valence-corrected chi connectivity index (χ0v) is 10.6. The van der Waals surface area contributed by atoms with Crippen LogP contribution >= 0.6 is 0 Å². The van der Waals surface area contributed by atoms with Crippen LogP contribution in [0.25, 0.3) is 0 Å². The highest BCUT2D eigenvalue weighted by molar-refractivity contribution is 5.70. The lowest BCUT2D eigenvalue weighted by molar-refractivity contribution is -0.137. The summed E-state index contributed by atoms with van der Waals surface area (Å²) in [6.07, 6.45) is -4.64. The highest BCUT2D eigenvalue weighted by atomic mass is 19.4. The van der Waals surface area contributed by atoms with Crippen LogP contribution in [0.3, 0.4) is 0 Å². The fourth-order valence-electron chi connectivity index (χ4n) is 2.11. The average Bonchev–Trinajstić information content (AvgIpc) is 2.71. The van der Waals surface area contributed by atoms with Gasteiger partial charge in [-0.3, -0.25) is 4.90 Å². The van der Waals surface area contributed by atoms with Crippen molar-refractivity contribution in [2.24, 2.45) is 0 Å². The van der Waals surface area contributed by atoms with Crippen LogP contribution in [0.4, 0.5) is 18.0 Å². The maximum Gasteiger partial charge on any atom is 0.416 e. The number of cyclic esters (lactones) is 1. The lowest BCUT2D eigenvalue weighted by atomic mass is 10.1. The molecule has 1 aliphatic rings. The lowest BCUT2D eigenvalue weighted by Gasteiger charge is -2.21. The van der Waals surface area contributed by atoms with E-state index in [1.165, 1.54) is 17.0 Å². The van der Waals surface area contributed by atoms with E-state index in [9.17, 15) is 18.0 Å². The van der Waals surface area contributed by atoms with Gasteiger partial charge in [-0.05, 0) is 24.1 Å². The molecule has 0 saturated carbocycles. The maximum atomic E-state index is 12.6. The van der Waals surface area contributed by atoms with Crippen LogP contribution in [-0.2, 0) is 17.5 Å². The van der Waals surface area contributed by atoms with Crippen LogP contribution in [0.15, 0.2) is 24.3 Å². The molecule has 4 nitrogen and oxygen atoms in total. The number of carbonyl (C=O) groups is 1. The number of hydrogen-bond acceptors (Lipinski definition) is 3. The quantitative estimate of drug-likeness (QED) is 0.926. The molecule has 1 aromatic rings. The van der Waals surface area contributed by atoms with E-state index in [-0.39, 0.29) is 25.8 Å². The van der Waals surface area contributed by atoms with Gasteiger partial charge >= 0.3 is 12.3 Å². The smallest absolute Gasteiger partial charge is 0.416 e. The minimum atomic E-state index is -4.41. The molecular weight excluding hydrogens is 275 g/mol. The predicted octanol–water partition coefficient (Wildman–Crippen LogP) is 2.41. The number of amides is 1. The number of benzene rings is 1. The molecule has 0 bridgehead atoms. The Balaban J connectivity index is 2.14. The average molecular weight is 289 g/mol. The summed E-state index contributed by atoms with van der Waals surface area (Å²) in [6, 6.07) is 4.53. The second-order valence-corrected chi connectivity index (χ2v) is 4.57. The Morgan fingerprint density at radius 3 is 2.80 bits per heavy atom. The summed E-state index contributed by atoms with van der Waals surface area (Å²) in [7, 11) is 0. The summed E-state index contributed by atoms with van der Waals surface area (Å²) >= 11 is 0. The molecule has 1 heterocycles. The maximum absolute atomic E-state index is 12.6. The normalized spacial score (nSPS) is 19.3. The van der Waals surface area contributed by atoms with Gasteiger partial charge in [0.2, 0.25) is 0 Å². The van der Waals surface area contributed by atoms with E-state index >= 15 is 0 Å². The summed E-state index contributed by atoms with van der Waals surface area (Å²) in [6.45, 7) is 0.0756. The summed E-state index contributed by atoms with van der Waals surface area (Å²) in [4.78, 5) is 12.9. The summed E-state index contributed by atoms with van der Waals surface area (Å²) in [5, 5.41) is 8.91. The second kappa shape index (κ2) is 5.70. The van der Waals surface area contributed by atoms with E-state index in [1.54, 1.807) is 0 Å². The fraction of sp³-hybridized carbons (Fsp3) is 0.462. The van der Waals surface area contributed by atoms with Gasteiger partial charge in [0.1, 0.15) is 6.61 Å². The molecule has 1 fully saturated rings. The van der Waals surface area contributed by atoms with E-state index in [1.807, 2.05) is 0 Å². The summed E-state index contributed by atoms with van der Waals surface area (Å²) in [5.41, 5.74) is -0.372. The molecule has 7 heteroatoms. The first kappa shape index (κ1) is 14.6. The van der Waals surface area contributed by atoms with Gasteiger partial charge in [0.15, 0.2) is 0 Å². The Bertz CT molecular complexity index is 490. The number of alkyl halides is 3. The highest BCUT2D eigenvalue weighted by Gasteiger charge is 2.34. The number of nitrogens with zero attached hydrogens (tertiary/aromatic N) is 1. The molecule has 1 N–H and O–H groups in total. The zero-order valence-electron chi connectivity index (χ0n) is 10.6. The van der Waals surface area contributed by atoms with Crippen molar-refractivity contribution >= 4 is 6.09 Å². The Morgan fingerprint density at radius 1 is 1.40 bits per heavy atom. The Morgan fingerprint density at radius 2 is 2.15 bits per heavy atom. The molecule has 1 aliphatic heterocycles. The van der Waals surface area contributed by atoms with Crippen molar-refractivity contribution in [1.29, 1.82) is 0 Å². The largest absolute Gasteiger partial charge is 0.447 e. The molecule has 20 heavy (non-hydrogen) atoms. The first-order valence-corrected chi connectivity index (χ1v) is 6.12. The van der Waals surface area contributed by atoms with Gasteiger partial charge in [-0.25, -0.2) is 4.79 Å². The van der Waals surface area contributed by atoms with Gasteiger partial charge in [-0.1, -0.05) is 12.1 Å². The molecular formula is C13H14F3NO3. The molecule has 2 rings (SSSR count). The van der Waals surface area contributed by atoms with E-state index in [4.69, 9.17) is 9.84 Å². The van der Waals surface area contributed by atoms with E-state index < -0.39 is 17.8 Å². The number of aliphatic hydroxyl groups excluding tert-OH is 1. The van der Waals surface area contributed by atoms with Gasteiger partial charge in [0, 0.05) is 13.2 Å². The standard InChI is InChI=1S/C13H14F3NO3/c14-13(15,16)10-3-1-2-9(6-10)7-17-11(4-5-18)8-20-12(17)19/h1-3,6,11,18H,4-5,7-8H2. The zero-order chi connectivity index (χ0) is 14.8. The first-order chi connectivity index (χ1) is 9.41. The van der Waals surface area contributed by atoms with Crippen LogP contribution in [0, 0.1) is 0 Å². The number of aliphatic hydroxyl groups is 1. The Labute approximate surface area is 113 Å². The van der Waals surface area contributed by atoms with Gasteiger partial charge in [0.05, 0.1) is 11.6 Å². The van der Waals surface area contributed by atoms with Gasteiger partial charge in [0.25, 0.3) is 0 Å². The van der Waals surface area contributed by atoms with Crippen molar-refractivity contribution in [2.45, 2.75) is 25.2 Å². The molecule has 0 radical (unpaired) electrons. The monoisotopic (exact) mass is 289 g/mol. The molecule has 1 amide bonds. The van der Waals surface area contributed by atoms with Crippen molar-refractivity contribution in [2.75, 3.05) is 13.2 Å². The minimum Gasteiger partial charge on any atom is -0.447 e. The van der Waals surface area contributed by atoms with Gasteiger partial charge in [-0.2, -0.15) is 13.2 Å². The summed E-state index contributed by atoms with van der Waals surface area (Å²) < 4.78 is 42.7. The molecule has 1 aromatic carbocycles. The molecule has 1 unspecified atom stereocenters. The molecule has 0 aromatic heterocycles. The second-order valence-electron chi connectivity index (χ2n) is 4.57. The third kappa shape index (κ3) is 3.22. The SMILES string of the molecule is O=C1OCC(CCO)N1Cc1cccc(C(F)(F)F)c1. The minimum absolute atomic E-state index is 0.0351. The number of rotatable bonds is 4. The summed E-state index contributed by atoms with van der Waals surface area (Å²) in [5.74, 6) is 0. The number of ether oxygens (including phenoxy) is 1. The van der Waals surface area contributed by atoms with Crippen molar-refractivity contribution < 1.29 is 27.8 Å². The molecule has 110 valence electrons.